The van der Waals surface area contributed by atoms with Gasteiger partial charge in [0.15, 0.2) is 0 Å². The molecule has 0 amide bonds. The van der Waals surface area contributed by atoms with Gasteiger partial charge in [-0.15, -0.1) is 5.10 Å². The number of nitrogens with zero attached hydrogens (tertiary/aromatic N) is 3. The molecule has 0 atom stereocenters. The zero-order valence-corrected chi connectivity index (χ0v) is 9.02. The van der Waals surface area contributed by atoms with E-state index in [4.69, 9.17) is 9.84 Å². The van der Waals surface area contributed by atoms with E-state index in [1.54, 1.807) is 4.68 Å². The first-order valence-electron chi connectivity index (χ1n) is 5.15. The van der Waals surface area contributed by atoms with E-state index in [1.807, 2.05) is 13.1 Å². The van der Waals surface area contributed by atoms with Crippen LogP contribution in [0.5, 0.6) is 0 Å². The van der Waals surface area contributed by atoms with Crippen LogP contribution in [0.2, 0.25) is 0 Å². The van der Waals surface area contributed by atoms with Crippen molar-refractivity contribution in [2.75, 3.05) is 26.4 Å². The Morgan fingerprint density at radius 3 is 3.20 bits per heavy atom. The van der Waals surface area contributed by atoms with E-state index in [0.717, 1.165) is 18.8 Å². The first-order valence-corrected chi connectivity index (χ1v) is 5.15. The van der Waals surface area contributed by atoms with Crippen LogP contribution >= 0.6 is 0 Å². The highest BCUT2D eigenvalue weighted by atomic mass is 16.5. The van der Waals surface area contributed by atoms with Crippen LogP contribution in [0.15, 0.2) is 6.20 Å². The lowest BCUT2D eigenvalue weighted by Crippen LogP contribution is -2.19. The second-order valence-electron chi connectivity index (χ2n) is 3.07. The van der Waals surface area contributed by atoms with E-state index >= 15 is 0 Å². The molecule has 1 aromatic heterocycles. The number of rotatable bonds is 8. The summed E-state index contributed by atoms with van der Waals surface area (Å²) in [6, 6.07) is 0. The van der Waals surface area contributed by atoms with Crippen LogP contribution < -0.4 is 5.32 Å². The van der Waals surface area contributed by atoms with Crippen LogP contribution in [-0.4, -0.2) is 46.5 Å². The highest BCUT2D eigenvalue weighted by molar-refractivity contribution is 4.91. The van der Waals surface area contributed by atoms with Gasteiger partial charge in [0.05, 0.1) is 25.5 Å². The minimum absolute atomic E-state index is 0.0839. The normalized spacial score (nSPS) is 10.8. The lowest BCUT2D eigenvalue weighted by molar-refractivity contribution is 0.149. The molecule has 86 valence electrons. The molecule has 0 aromatic carbocycles. The summed E-state index contributed by atoms with van der Waals surface area (Å²) in [7, 11) is 0. The van der Waals surface area contributed by atoms with E-state index in [-0.39, 0.29) is 6.61 Å². The lowest BCUT2D eigenvalue weighted by atomic mass is 10.4. The van der Waals surface area contributed by atoms with Crippen LogP contribution in [-0.2, 0) is 17.8 Å². The molecule has 0 saturated carbocycles. The van der Waals surface area contributed by atoms with E-state index in [0.29, 0.717) is 19.7 Å². The molecule has 1 aromatic rings. The smallest absolute Gasteiger partial charge is 0.0964 e. The maximum atomic E-state index is 8.68. The fourth-order valence-electron chi connectivity index (χ4n) is 1.14. The SMILES string of the molecule is CCOCCNCc1cn(CCO)nn1. The van der Waals surface area contributed by atoms with Gasteiger partial charge in [-0.05, 0) is 6.92 Å². The molecule has 0 saturated heterocycles. The molecule has 0 fully saturated rings. The molecule has 6 nitrogen and oxygen atoms in total. The Morgan fingerprint density at radius 1 is 1.60 bits per heavy atom. The van der Waals surface area contributed by atoms with Gasteiger partial charge in [0.25, 0.3) is 0 Å². The summed E-state index contributed by atoms with van der Waals surface area (Å²) >= 11 is 0. The largest absolute Gasteiger partial charge is 0.394 e. The summed E-state index contributed by atoms with van der Waals surface area (Å²) < 4.78 is 6.80. The minimum atomic E-state index is 0.0839. The molecular formula is C9H18N4O2. The van der Waals surface area contributed by atoms with Crippen LogP contribution in [0, 0.1) is 0 Å². The standard InChI is InChI=1S/C9H18N4O2/c1-2-15-6-3-10-7-9-8-13(4-5-14)12-11-9/h8,10,14H,2-7H2,1H3. The second kappa shape index (κ2) is 7.33. The van der Waals surface area contributed by atoms with E-state index in [2.05, 4.69) is 15.6 Å². The van der Waals surface area contributed by atoms with Crippen LogP contribution in [0.4, 0.5) is 0 Å². The molecule has 0 aliphatic carbocycles. The van der Waals surface area contributed by atoms with Crippen LogP contribution in [0.25, 0.3) is 0 Å². The van der Waals surface area contributed by atoms with E-state index in [1.165, 1.54) is 0 Å². The number of hydrogen-bond acceptors (Lipinski definition) is 5. The number of ether oxygens (including phenoxy) is 1. The molecule has 15 heavy (non-hydrogen) atoms. The highest BCUT2D eigenvalue weighted by Crippen LogP contribution is 1.91. The molecule has 2 N–H and O–H groups in total. The second-order valence-corrected chi connectivity index (χ2v) is 3.07. The average molecular weight is 214 g/mol. The monoisotopic (exact) mass is 214 g/mol. The summed E-state index contributed by atoms with van der Waals surface area (Å²) in [5.74, 6) is 0. The third-order valence-electron chi connectivity index (χ3n) is 1.85. The van der Waals surface area contributed by atoms with Gasteiger partial charge in [-0.3, -0.25) is 0 Å². The van der Waals surface area contributed by atoms with Crippen molar-refractivity contribution in [1.29, 1.82) is 0 Å². The van der Waals surface area contributed by atoms with Crippen LogP contribution in [0.3, 0.4) is 0 Å². The molecule has 0 aliphatic heterocycles. The van der Waals surface area contributed by atoms with Gasteiger partial charge in [-0.1, -0.05) is 5.21 Å². The molecule has 0 radical (unpaired) electrons. The fraction of sp³-hybridized carbons (Fsp3) is 0.778. The lowest BCUT2D eigenvalue weighted by Gasteiger charge is -2.01. The maximum absolute atomic E-state index is 8.68. The van der Waals surface area contributed by atoms with Gasteiger partial charge >= 0.3 is 0 Å². The Morgan fingerprint density at radius 2 is 2.47 bits per heavy atom. The third-order valence-corrected chi connectivity index (χ3v) is 1.85. The predicted molar refractivity (Wildman–Crippen MR) is 55.3 cm³/mol. The Kier molecular flexibility index (Phi) is 5.91. The van der Waals surface area contributed by atoms with E-state index in [9.17, 15) is 0 Å². The Bertz CT molecular complexity index is 264. The quantitative estimate of drug-likeness (QED) is 0.565. The van der Waals surface area contributed by atoms with Crippen molar-refractivity contribution >= 4 is 0 Å². The summed E-state index contributed by atoms with van der Waals surface area (Å²) in [5.41, 5.74) is 0.875. The number of nitrogens with one attached hydrogen (secondary N) is 1. The first-order chi connectivity index (χ1) is 7.36. The molecule has 1 heterocycles. The molecule has 6 heteroatoms. The fourth-order valence-corrected chi connectivity index (χ4v) is 1.14. The van der Waals surface area contributed by atoms with E-state index < -0.39 is 0 Å². The molecule has 0 bridgehead atoms. The zero-order chi connectivity index (χ0) is 10.9. The summed E-state index contributed by atoms with van der Waals surface area (Å²) in [4.78, 5) is 0. The first kappa shape index (κ1) is 12.1. The molecule has 0 unspecified atom stereocenters. The average Bonchev–Trinajstić information content (AvgIpc) is 2.66. The number of aromatic nitrogens is 3. The van der Waals surface area contributed by atoms with Crippen molar-refractivity contribution < 1.29 is 9.84 Å². The van der Waals surface area contributed by atoms with Crippen molar-refractivity contribution in [3.8, 4) is 0 Å². The van der Waals surface area contributed by atoms with Crippen molar-refractivity contribution in [3.05, 3.63) is 11.9 Å². The maximum Gasteiger partial charge on any atom is 0.0964 e. The third kappa shape index (κ3) is 4.87. The molecular weight excluding hydrogens is 196 g/mol. The van der Waals surface area contributed by atoms with Gasteiger partial charge in [0, 0.05) is 25.9 Å². The molecule has 0 spiro atoms. The Hall–Kier alpha value is -0.980. The van der Waals surface area contributed by atoms with Gasteiger partial charge < -0.3 is 15.2 Å². The summed E-state index contributed by atoms with van der Waals surface area (Å²) in [5, 5.41) is 19.7. The van der Waals surface area contributed by atoms with Crippen molar-refractivity contribution in [3.63, 3.8) is 0 Å². The van der Waals surface area contributed by atoms with Crippen molar-refractivity contribution in [2.24, 2.45) is 0 Å². The van der Waals surface area contributed by atoms with Gasteiger partial charge in [0.2, 0.25) is 0 Å². The molecule has 0 aliphatic rings. The summed E-state index contributed by atoms with van der Waals surface area (Å²) in [6.07, 6.45) is 1.82. The predicted octanol–water partition coefficient (Wildman–Crippen LogP) is -0.603. The Balaban J connectivity index is 2.14. The zero-order valence-electron chi connectivity index (χ0n) is 9.02. The highest BCUT2D eigenvalue weighted by Gasteiger charge is 1.98. The van der Waals surface area contributed by atoms with Crippen LogP contribution in [0.1, 0.15) is 12.6 Å². The topological polar surface area (TPSA) is 72.2 Å². The molecule has 1 rings (SSSR count). The minimum Gasteiger partial charge on any atom is -0.394 e. The number of aliphatic hydroxyl groups is 1. The number of aliphatic hydroxyl groups excluding tert-OH is 1. The summed E-state index contributed by atoms with van der Waals surface area (Å²) in [6.45, 7) is 5.49. The van der Waals surface area contributed by atoms with Gasteiger partial charge in [-0.25, -0.2) is 4.68 Å². The van der Waals surface area contributed by atoms with Crippen molar-refractivity contribution in [2.45, 2.75) is 20.0 Å². The van der Waals surface area contributed by atoms with Gasteiger partial charge in [0.1, 0.15) is 0 Å². The van der Waals surface area contributed by atoms with Gasteiger partial charge in [-0.2, -0.15) is 0 Å². The Labute approximate surface area is 89.2 Å². The number of hydrogen-bond donors (Lipinski definition) is 2. The van der Waals surface area contributed by atoms with Crippen molar-refractivity contribution in [1.82, 2.24) is 20.3 Å².